The van der Waals surface area contributed by atoms with Crippen molar-refractivity contribution in [1.82, 2.24) is 4.90 Å². The van der Waals surface area contributed by atoms with Gasteiger partial charge in [0.1, 0.15) is 0 Å². The first-order chi connectivity index (χ1) is 15.9. The third-order valence-corrected chi connectivity index (χ3v) is 7.23. The van der Waals surface area contributed by atoms with Gasteiger partial charge in [-0.25, -0.2) is 8.42 Å². The Kier molecular flexibility index (Phi) is 8.26. The average Bonchev–Trinajstić information content (AvgIpc) is 2.77. The Morgan fingerprint density at radius 3 is 2.35 bits per heavy atom. The summed E-state index contributed by atoms with van der Waals surface area (Å²) in [5, 5.41) is 0.564. The van der Waals surface area contributed by atoms with Crippen LogP contribution < -0.4 is 9.21 Å². The summed E-state index contributed by atoms with van der Waals surface area (Å²) in [4.78, 5) is 16.1. The van der Waals surface area contributed by atoms with Crippen molar-refractivity contribution in [3.63, 3.8) is 0 Å². The lowest BCUT2D eigenvalue weighted by Gasteiger charge is -2.36. The van der Waals surface area contributed by atoms with Crippen LogP contribution in [0, 0.1) is 0 Å². The molecular weight excluding hydrogens is 514 g/mol. The molecule has 186 valence electrons. The van der Waals surface area contributed by atoms with Crippen molar-refractivity contribution < 1.29 is 26.4 Å². The van der Waals surface area contributed by atoms with Crippen LogP contribution >= 0.6 is 23.2 Å². The number of rotatable bonds is 7. The number of hydrogen-bond acceptors (Lipinski definition) is 4. The number of amides is 1. The highest BCUT2D eigenvalue weighted by atomic mass is 35.5. The van der Waals surface area contributed by atoms with E-state index in [1.807, 2.05) is 4.90 Å². The Hall–Kier alpha value is -2.17. The fourth-order valence-corrected chi connectivity index (χ4v) is 5.17. The molecule has 34 heavy (non-hydrogen) atoms. The first-order valence-electron chi connectivity index (χ1n) is 10.5. The van der Waals surface area contributed by atoms with Crippen LogP contribution in [0.3, 0.4) is 0 Å². The second-order valence-electron chi connectivity index (χ2n) is 7.95. The summed E-state index contributed by atoms with van der Waals surface area (Å²) in [5.74, 6) is -0.144. The smallest absolute Gasteiger partial charge is 0.368 e. The largest absolute Gasteiger partial charge is 0.416 e. The molecule has 0 atom stereocenters. The number of benzene rings is 2. The summed E-state index contributed by atoms with van der Waals surface area (Å²) in [7, 11) is -3.65. The third-order valence-electron chi connectivity index (χ3n) is 5.50. The van der Waals surface area contributed by atoms with Gasteiger partial charge in [-0.1, -0.05) is 29.3 Å². The molecule has 0 bridgehead atoms. The number of sulfonamides is 1. The summed E-state index contributed by atoms with van der Waals surface area (Å²) in [6.07, 6.45) is -2.97. The van der Waals surface area contributed by atoms with Crippen LogP contribution in [0.5, 0.6) is 0 Å². The summed E-state index contributed by atoms with van der Waals surface area (Å²) in [6, 6.07) is 9.64. The first kappa shape index (κ1) is 26.4. The summed E-state index contributed by atoms with van der Waals surface area (Å²) in [5.41, 5.74) is 0.00156. The number of carbonyl (C=O) groups excluding carboxylic acids is 1. The van der Waals surface area contributed by atoms with Gasteiger partial charge in [-0.05, 0) is 42.8 Å². The molecule has 1 heterocycles. The summed E-state index contributed by atoms with van der Waals surface area (Å²) < 4.78 is 64.6. The maximum atomic E-state index is 13.0. The van der Waals surface area contributed by atoms with Crippen LogP contribution in [0.15, 0.2) is 42.5 Å². The zero-order chi connectivity index (χ0) is 25.1. The minimum atomic E-state index is -4.41. The fraction of sp³-hybridized carbons (Fsp3) is 0.409. The number of halogens is 5. The highest BCUT2D eigenvalue weighted by molar-refractivity contribution is 7.92. The van der Waals surface area contributed by atoms with Crippen LogP contribution in [0.25, 0.3) is 0 Å². The summed E-state index contributed by atoms with van der Waals surface area (Å²) >= 11 is 12.1. The van der Waals surface area contributed by atoms with E-state index in [1.54, 1.807) is 17.0 Å². The molecule has 2 aromatic rings. The van der Waals surface area contributed by atoms with Crippen molar-refractivity contribution in [1.29, 1.82) is 0 Å². The molecule has 0 spiro atoms. The third kappa shape index (κ3) is 6.70. The lowest BCUT2D eigenvalue weighted by molar-refractivity contribution is -0.137. The zero-order valence-electron chi connectivity index (χ0n) is 18.4. The van der Waals surface area contributed by atoms with Gasteiger partial charge in [0.05, 0.1) is 22.5 Å². The molecule has 1 aliphatic rings. The number of nitrogens with zero attached hydrogens (tertiary/aromatic N) is 3. The predicted octanol–water partition coefficient (Wildman–Crippen LogP) is 4.91. The van der Waals surface area contributed by atoms with E-state index in [4.69, 9.17) is 23.2 Å². The number of hydrogen-bond donors (Lipinski definition) is 0. The molecule has 1 fully saturated rings. The number of carbonyl (C=O) groups is 1. The Balaban J connectivity index is 1.55. The topological polar surface area (TPSA) is 60.9 Å². The SMILES string of the molecule is CS(=O)(=O)N(CCCC(=O)N1CCN(c2cccc(C(F)(F)F)c2)CC1)c1cc(Cl)ccc1Cl. The van der Waals surface area contributed by atoms with Crippen LogP contribution in [0.1, 0.15) is 18.4 Å². The van der Waals surface area contributed by atoms with Gasteiger partial charge in [0.2, 0.25) is 15.9 Å². The van der Waals surface area contributed by atoms with E-state index in [9.17, 15) is 26.4 Å². The molecule has 0 unspecified atom stereocenters. The molecule has 0 saturated carbocycles. The van der Waals surface area contributed by atoms with Crippen molar-refractivity contribution in [3.8, 4) is 0 Å². The van der Waals surface area contributed by atoms with Crippen molar-refractivity contribution >= 4 is 50.5 Å². The average molecular weight is 538 g/mol. The molecule has 1 aliphatic heterocycles. The van der Waals surface area contributed by atoms with Crippen molar-refractivity contribution in [3.05, 3.63) is 58.1 Å². The van der Waals surface area contributed by atoms with E-state index in [-0.39, 0.29) is 36.0 Å². The molecule has 12 heteroatoms. The number of anilines is 2. The maximum Gasteiger partial charge on any atom is 0.416 e. The molecular formula is C22H24Cl2F3N3O3S. The zero-order valence-corrected chi connectivity index (χ0v) is 20.7. The molecule has 1 amide bonds. The number of piperazine rings is 1. The highest BCUT2D eigenvalue weighted by Gasteiger charge is 2.31. The van der Waals surface area contributed by atoms with Gasteiger partial charge < -0.3 is 9.80 Å². The van der Waals surface area contributed by atoms with Gasteiger partial charge in [-0.2, -0.15) is 13.2 Å². The van der Waals surface area contributed by atoms with E-state index in [0.29, 0.717) is 36.9 Å². The van der Waals surface area contributed by atoms with Gasteiger partial charge in [-0.15, -0.1) is 0 Å². The standard InChI is InChI=1S/C22H24Cl2F3N3O3S/c1-34(32,33)30(20-15-17(23)7-8-19(20)24)9-3-6-21(31)29-12-10-28(11-13-29)18-5-2-4-16(14-18)22(25,26)27/h2,4-5,7-8,14-15H,3,6,9-13H2,1H3. The Labute approximate surface area is 206 Å². The minimum absolute atomic E-state index is 0.0504. The molecule has 0 radical (unpaired) electrons. The van der Waals surface area contributed by atoms with Gasteiger partial charge in [0.15, 0.2) is 0 Å². The van der Waals surface area contributed by atoms with Crippen molar-refractivity contribution in [2.45, 2.75) is 19.0 Å². The fourth-order valence-electron chi connectivity index (χ4n) is 3.77. The van der Waals surface area contributed by atoms with Crippen molar-refractivity contribution in [2.75, 3.05) is 48.2 Å². The number of alkyl halides is 3. The van der Waals surface area contributed by atoms with Gasteiger partial charge in [0, 0.05) is 49.9 Å². The molecule has 2 aromatic carbocycles. The molecule has 1 saturated heterocycles. The van der Waals surface area contributed by atoms with Gasteiger partial charge in [0.25, 0.3) is 0 Å². The maximum absolute atomic E-state index is 13.0. The minimum Gasteiger partial charge on any atom is -0.368 e. The first-order valence-corrected chi connectivity index (χ1v) is 13.1. The molecule has 6 nitrogen and oxygen atoms in total. The van der Waals surface area contributed by atoms with Crippen LogP contribution in [0.2, 0.25) is 10.0 Å². The summed E-state index contributed by atoms with van der Waals surface area (Å²) in [6.45, 7) is 1.59. The Morgan fingerprint density at radius 1 is 1.06 bits per heavy atom. The second-order valence-corrected chi connectivity index (χ2v) is 10.7. The normalized spacial score (nSPS) is 14.9. The lowest BCUT2D eigenvalue weighted by Crippen LogP contribution is -2.49. The van der Waals surface area contributed by atoms with Crippen LogP contribution in [-0.2, 0) is 21.0 Å². The highest BCUT2D eigenvalue weighted by Crippen LogP contribution is 2.32. The molecule has 3 rings (SSSR count). The van der Waals surface area contributed by atoms with E-state index >= 15 is 0 Å². The lowest BCUT2D eigenvalue weighted by atomic mass is 10.1. The van der Waals surface area contributed by atoms with Gasteiger partial charge in [-0.3, -0.25) is 9.10 Å². The Bertz CT molecular complexity index is 1140. The Morgan fingerprint density at radius 2 is 1.74 bits per heavy atom. The van der Waals surface area contributed by atoms with E-state index in [0.717, 1.165) is 22.7 Å². The van der Waals surface area contributed by atoms with E-state index in [2.05, 4.69) is 0 Å². The molecule has 0 aromatic heterocycles. The quantitative estimate of drug-likeness (QED) is 0.503. The predicted molar refractivity (Wildman–Crippen MR) is 128 cm³/mol. The van der Waals surface area contributed by atoms with Crippen LogP contribution in [-0.4, -0.2) is 58.2 Å². The monoisotopic (exact) mass is 537 g/mol. The second kappa shape index (κ2) is 10.6. The van der Waals surface area contributed by atoms with E-state index in [1.165, 1.54) is 18.2 Å². The molecule has 0 aliphatic carbocycles. The van der Waals surface area contributed by atoms with Crippen molar-refractivity contribution in [2.24, 2.45) is 0 Å². The molecule has 0 N–H and O–H groups in total. The van der Waals surface area contributed by atoms with Gasteiger partial charge >= 0.3 is 6.18 Å². The van der Waals surface area contributed by atoms with Crippen LogP contribution in [0.4, 0.5) is 24.5 Å². The van der Waals surface area contributed by atoms with E-state index < -0.39 is 21.8 Å².